The van der Waals surface area contributed by atoms with E-state index in [9.17, 15) is 0 Å². The molecule has 0 aliphatic heterocycles. The lowest BCUT2D eigenvalue weighted by Gasteiger charge is -2.07. The van der Waals surface area contributed by atoms with Crippen molar-refractivity contribution in [1.29, 1.82) is 0 Å². The Hall–Kier alpha value is -2.38. The lowest BCUT2D eigenvalue weighted by molar-refractivity contribution is 0.285. The van der Waals surface area contributed by atoms with Crippen LogP contribution in [0.3, 0.4) is 0 Å². The van der Waals surface area contributed by atoms with Gasteiger partial charge in [0.05, 0.1) is 19.0 Å². The zero-order valence-electron chi connectivity index (χ0n) is 11.8. The maximum atomic E-state index is 5.54. The van der Waals surface area contributed by atoms with Crippen molar-refractivity contribution in [2.24, 2.45) is 7.05 Å². The Labute approximate surface area is 117 Å². The van der Waals surface area contributed by atoms with E-state index in [1.54, 1.807) is 24.1 Å². The predicted molar refractivity (Wildman–Crippen MR) is 73.1 cm³/mol. The standard InChI is InChI=1S/C12H18N6O2/c1-4-6-19-11-15-10(13-5-2)16-12(17-11)20-9-7-14-18(3)8-9/h7-8H,4-6H2,1-3H3,(H,13,15,16,17). The van der Waals surface area contributed by atoms with Gasteiger partial charge in [0.25, 0.3) is 0 Å². The first-order valence-electron chi connectivity index (χ1n) is 6.50. The minimum atomic E-state index is 0.176. The number of nitrogens with zero attached hydrogens (tertiary/aromatic N) is 5. The summed E-state index contributed by atoms with van der Waals surface area (Å²) in [7, 11) is 1.81. The van der Waals surface area contributed by atoms with Gasteiger partial charge in [-0.2, -0.15) is 15.1 Å². The summed E-state index contributed by atoms with van der Waals surface area (Å²) in [6.45, 7) is 5.21. The lowest BCUT2D eigenvalue weighted by Crippen LogP contribution is -2.08. The molecule has 0 amide bonds. The molecule has 0 saturated heterocycles. The number of hydrogen-bond acceptors (Lipinski definition) is 7. The summed E-state index contributed by atoms with van der Waals surface area (Å²) in [6.07, 6.45) is 4.19. The Morgan fingerprint density at radius 1 is 1.20 bits per heavy atom. The Balaban J connectivity index is 2.18. The summed E-state index contributed by atoms with van der Waals surface area (Å²) < 4.78 is 12.6. The summed E-state index contributed by atoms with van der Waals surface area (Å²) in [4.78, 5) is 12.4. The van der Waals surface area contributed by atoms with Crippen molar-refractivity contribution in [1.82, 2.24) is 24.7 Å². The average molecular weight is 278 g/mol. The summed E-state index contributed by atoms with van der Waals surface area (Å²) in [5.74, 6) is 0.982. The number of aromatic nitrogens is 5. The van der Waals surface area contributed by atoms with Crippen molar-refractivity contribution >= 4 is 5.95 Å². The van der Waals surface area contributed by atoms with Gasteiger partial charge in [-0.25, -0.2) is 0 Å². The van der Waals surface area contributed by atoms with Crippen molar-refractivity contribution in [2.45, 2.75) is 20.3 Å². The van der Waals surface area contributed by atoms with Crippen molar-refractivity contribution in [3.8, 4) is 17.8 Å². The number of aryl methyl sites for hydroxylation is 1. The number of rotatable bonds is 7. The van der Waals surface area contributed by atoms with Crippen molar-refractivity contribution in [3.05, 3.63) is 12.4 Å². The molecule has 2 heterocycles. The molecule has 0 atom stereocenters. The van der Waals surface area contributed by atoms with Gasteiger partial charge in [-0.3, -0.25) is 4.68 Å². The zero-order valence-corrected chi connectivity index (χ0v) is 11.8. The van der Waals surface area contributed by atoms with E-state index < -0.39 is 0 Å². The van der Waals surface area contributed by atoms with Crippen LogP contribution >= 0.6 is 0 Å². The molecule has 0 radical (unpaired) electrons. The van der Waals surface area contributed by atoms with Crippen LogP contribution in [-0.2, 0) is 7.05 Å². The molecule has 8 nitrogen and oxygen atoms in total. The van der Waals surface area contributed by atoms with Gasteiger partial charge < -0.3 is 14.8 Å². The highest BCUT2D eigenvalue weighted by atomic mass is 16.5. The molecule has 1 N–H and O–H groups in total. The van der Waals surface area contributed by atoms with E-state index in [0.29, 0.717) is 24.8 Å². The largest absolute Gasteiger partial charge is 0.463 e. The molecule has 0 spiro atoms. The second-order valence-corrected chi connectivity index (χ2v) is 4.05. The monoisotopic (exact) mass is 278 g/mol. The van der Waals surface area contributed by atoms with Gasteiger partial charge in [0.1, 0.15) is 0 Å². The van der Waals surface area contributed by atoms with Crippen molar-refractivity contribution in [3.63, 3.8) is 0 Å². The van der Waals surface area contributed by atoms with Gasteiger partial charge in [0.15, 0.2) is 5.75 Å². The fourth-order valence-electron chi connectivity index (χ4n) is 1.44. The van der Waals surface area contributed by atoms with Crippen LogP contribution in [-0.4, -0.2) is 37.9 Å². The molecule has 2 rings (SSSR count). The van der Waals surface area contributed by atoms with Crippen LogP contribution in [0.25, 0.3) is 0 Å². The average Bonchev–Trinajstić information content (AvgIpc) is 2.82. The van der Waals surface area contributed by atoms with Crippen LogP contribution in [0.1, 0.15) is 20.3 Å². The molecule has 0 aromatic carbocycles. The Bertz CT molecular complexity index is 557. The van der Waals surface area contributed by atoms with E-state index in [2.05, 4.69) is 25.4 Å². The fraction of sp³-hybridized carbons (Fsp3) is 0.500. The molecular formula is C12H18N6O2. The highest BCUT2D eigenvalue weighted by molar-refractivity contribution is 5.28. The number of ether oxygens (including phenoxy) is 2. The summed E-state index contributed by atoms with van der Waals surface area (Å²) >= 11 is 0. The molecule has 2 aromatic rings. The number of hydrogen-bond donors (Lipinski definition) is 1. The molecule has 8 heteroatoms. The van der Waals surface area contributed by atoms with E-state index in [1.165, 1.54) is 0 Å². The van der Waals surface area contributed by atoms with Crippen LogP contribution in [0.15, 0.2) is 12.4 Å². The van der Waals surface area contributed by atoms with E-state index in [4.69, 9.17) is 9.47 Å². The SMILES string of the molecule is CCCOc1nc(NCC)nc(Oc2cnn(C)c2)n1. The summed E-state index contributed by atoms with van der Waals surface area (Å²) in [5, 5.41) is 7.03. The minimum absolute atomic E-state index is 0.176. The second-order valence-electron chi connectivity index (χ2n) is 4.05. The van der Waals surface area contributed by atoms with E-state index in [0.717, 1.165) is 6.42 Å². The van der Waals surface area contributed by atoms with Crippen LogP contribution in [0.4, 0.5) is 5.95 Å². The maximum absolute atomic E-state index is 5.54. The Morgan fingerprint density at radius 2 is 2.00 bits per heavy atom. The molecule has 0 unspecified atom stereocenters. The van der Waals surface area contributed by atoms with Gasteiger partial charge in [-0.1, -0.05) is 6.92 Å². The molecule has 0 aliphatic rings. The molecule has 0 saturated carbocycles. The van der Waals surface area contributed by atoms with Crippen molar-refractivity contribution < 1.29 is 9.47 Å². The third-order valence-electron chi connectivity index (χ3n) is 2.25. The van der Waals surface area contributed by atoms with Crippen LogP contribution in [0.2, 0.25) is 0 Å². The molecule has 0 bridgehead atoms. The molecule has 108 valence electrons. The van der Waals surface area contributed by atoms with Gasteiger partial charge in [0, 0.05) is 13.6 Å². The van der Waals surface area contributed by atoms with E-state index in [-0.39, 0.29) is 12.0 Å². The Kier molecular flexibility index (Phi) is 4.70. The maximum Gasteiger partial charge on any atom is 0.330 e. The topological polar surface area (TPSA) is 87.0 Å². The highest BCUT2D eigenvalue weighted by Gasteiger charge is 2.10. The van der Waals surface area contributed by atoms with Crippen molar-refractivity contribution in [2.75, 3.05) is 18.5 Å². The molecule has 20 heavy (non-hydrogen) atoms. The number of nitrogens with one attached hydrogen (secondary N) is 1. The van der Waals surface area contributed by atoms with Crippen LogP contribution in [0, 0.1) is 0 Å². The van der Waals surface area contributed by atoms with E-state index in [1.807, 2.05) is 13.8 Å². The zero-order chi connectivity index (χ0) is 14.4. The Morgan fingerprint density at radius 3 is 2.65 bits per heavy atom. The van der Waals surface area contributed by atoms with Crippen LogP contribution in [0.5, 0.6) is 17.8 Å². The predicted octanol–water partition coefficient (Wildman–Crippen LogP) is 1.62. The highest BCUT2D eigenvalue weighted by Crippen LogP contribution is 2.19. The smallest absolute Gasteiger partial charge is 0.330 e. The normalized spacial score (nSPS) is 10.3. The van der Waals surface area contributed by atoms with Gasteiger partial charge in [-0.05, 0) is 13.3 Å². The third kappa shape index (κ3) is 3.81. The lowest BCUT2D eigenvalue weighted by atomic mass is 10.5. The molecule has 0 fully saturated rings. The molecule has 2 aromatic heterocycles. The van der Waals surface area contributed by atoms with Crippen LogP contribution < -0.4 is 14.8 Å². The minimum Gasteiger partial charge on any atom is -0.463 e. The van der Waals surface area contributed by atoms with Gasteiger partial charge in [-0.15, -0.1) is 4.98 Å². The second kappa shape index (κ2) is 6.69. The number of anilines is 1. The summed E-state index contributed by atoms with van der Waals surface area (Å²) in [6, 6.07) is 0.423. The first-order valence-corrected chi connectivity index (χ1v) is 6.50. The van der Waals surface area contributed by atoms with E-state index >= 15 is 0 Å². The quantitative estimate of drug-likeness (QED) is 0.823. The summed E-state index contributed by atoms with van der Waals surface area (Å²) in [5.41, 5.74) is 0. The van der Waals surface area contributed by atoms with Gasteiger partial charge in [0.2, 0.25) is 5.95 Å². The molecule has 0 aliphatic carbocycles. The fourth-order valence-corrected chi connectivity index (χ4v) is 1.44. The first kappa shape index (κ1) is 14.0. The van der Waals surface area contributed by atoms with Gasteiger partial charge >= 0.3 is 12.0 Å². The molecular weight excluding hydrogens is 260 g/mol. The third-order valence-corrected chi connectivity index (χ3v) is 2.25. The first-order chi connectivity index (χ1) is 9.71.